The molecule has 0 amide bonds. The first-order chi connectivity index (χ1) is 9.53. The van der Waals surface area contributed by atoms with Crippen molar-refractivity contribution in [1.82, 2.24) is 14.7 Å². The molecule has 2 rings (SSSR count). The predicted molar refractivity (Wildman–Crippen MR) is 82.2 cm³/mol. The van der Waals surface area contributed by atoms with Gasteiger partial charge in [-0.05, 0) is 34.3 Å². The van der Waals surface area contributed by atoms with E-state index in [0.29, 0.717) is 12.5 Å². The quantitative estimate of drug-likeness (QED) is 0.807. The fourth-order valence-electron chi connectivity index (χ4n) is 1.40. The summed E-state index contributed by atoms with van der Waals surface area (Å²) in [6.07, 6.45) is 2.58. The van der Waals surface area contributed by atoms with E-state index < -0.39 is 10.0 Å². The summed E-state index contributed by atoms with van der Waals surface area (Å²) in [6.45, 7) is 2.82. The van der Waals surface area contributed by atoms with Gasteiger partial charge in [0.25, 0.3) is 0 Å². The Morgan fingerprint density at radius 2 is 2.05 bits per heavy atom. The number of hydrogen-bond acceptors (Lipinski definition) is 6. The summed E-state index contributed by atoms with van der Waals surface area (Å²) in [5, 5.41) is 4.80. The van der Waals surface area contributed by atoms with E-state index in [2.05, 4.69) is 35.9 Å². The summed E-state index contributed by atoms with van der Waals surface area (Å²) in [5.74, 6) is 0.410. The van der Waals surface area contributed by atoms with Crippen molar-refractivity contribution in [3.05, 3.63) is 33.2 Å². The molecule has 0 spiro atoms. The molecule has 0 unspecified atom stereocenters. The number of nitrogens with one attached hydrogen (secondary N) is 2. The number of aromatic nitrogens is 2. The standard InChI is InChI=1S/C11H13BrN4O2S2/c1-2-13-11-14-5-8(6-15-11)20(17,18)16-7-10-9(12)3-4-19-10/h3-6,16H,2,7H2,1H3,(H,13,14,15). The highest BCUT2D eigenvalue weighted by molar-refractivity contribution is 9.10. The molecule has 108 valence electrons. The lowest BCUT2D eigenvalue weighted by molar-refractivity contribution is 0.581. The maximum atomic E-state index is 12.1. The molecule has 0 saturated heterocycles. The lowest BCUT2D eigenvalue weighted by Gasteiger charge is -2.06. The molecule has 0 fully saturated rings. The highest BCUT2D eigenvalue weighted by atomic mass is 79.9. The Balaban J connectivity index is 2.08. The van der Waals surface area contributed by atoms with Crippen molar-refractivity contribution in [1.29, 1.82) is 0 Å². The third kappa shape index (κ3) is 3.75. The highest BCUT2D eigenvalue weighted by Crippen LogP contribution is 2.22. The minimum absolute atomic E-state index is 0.0480. The number of anilines is 1. The zero-order chi connectivity index (χ0) is 14.6. The number of rotatable bonds is 6. The minimum atomic E-state index is -3.60. The van der Waals surface area contributed by atoms with Gasteiger partial charge in [0.1, 0.15) is 4.90 Å². The number of halogens is 1. The van der Waals surface area contributed by atoms with Gasteiger partial charge in [0.05, 0.1) is 12.4 Å². The highest BCUT2D eigenvalue weighted by Gasteiger charge is 2.16. The molecule has 0 saturated carbocycles. The molecule has 2 heterocycles. The topological polar surface area (TPSA) is 84.0 Å². The Morgan fingerprint density at radius 3 is 2.60 bits per heavy atom. The van der Waals surface area contributed by atoms with Crippen LogP contribution in [-0.4, -0.2) is 24.9 Å². The third-order valence-electron chi connectivity index (χ3n) is 2.39. The molecule has 0 aliphatic heterocycles. The molecule has 6 nitrogen and oxygen atoms in total. The summed E-state index contributed by atoms with van der Waals surface area (Å²) in [5.41, 5.74) is 0. The van der Waals surface area contributed by atoms with Crippen LogP contribution < -0.4 is 10.0 Å². The van der Waals surface area contributed by atoms with Gasteiger partial charge in [0.15, 0.2) is 0 Å². The molecule has 2 aromatic heterocycles. The Kier molecular flexibility index (Phi) is 5.08. The van der Waals surface area contributed by atoms with Gasteiger partial charge >= 0.3 is 0 Å². The molecular formula is C11H13BrN4O2S2. The van der Waals surface area contributed by atoms with Crippen molar-refractivity contribution in [2.75, 3.05) is 11.9 Å². The van der Waals surface area contributed by atoms with Crippen LogP contribution in [0.4, 0.5) is 5.95 Å². The van der Waals surface area contributed by atoms with Gasteiger partial charge in [-0.1, -0.05) is 0 Å². The van der Waals surface area contributed by atoms with E-state index in [1.165, 1.54) is 23.7 Å². The van der Waals surface area contributed by atoms with Crippen molar-refractivity contribution in [3.8, 4) is 0 Å². The summed E-state index contributed by atoms with van der Waals surface area (Å²) < 4.78 is 27.6. The van der Waals surface area contributed by atoms with Crippen molar-refractivity contribution in [2.45, 2.75) is 18.4 Å². The van der Waals surface area contributed by atoms with Crippen LogP contribution >= 0.6 is 27.3 Å². The van der Waals surface area contributed by atoms with Crippen LogP contribution in [0.3, 0.4) is 0 Å². The number of hydrogen-bond donors (Lipinski definition) is 2. The van der Waals surface area contributed by atoms with E-state index in [1.807, 2.05) is 18.4 Å². The molecule has 2 N–H and O–H groups in total. The van der Waals surface area contributed by atoms with Crippen molar-refractivity contribution in [3.63, 3.8) is 0 Å². The second kappa shape index (κ2) is 6.61. The summed E-state index contributed by atoms with van der Waals surface area (Å²) in [7, 11) is -3.60. The second-order valence-corrected chi connectivity index (χ2v) is 7.41. The van der Waals surface area contributed by atoms with Crippen LogP contribution in [-0.2, 0) is 16.6 Å². The van der Waals surface area contributed by atoms with Crippen molar-refractivity contribution >= 4 is 43.2 Å². The largest absolute Gasteiger partial charge is 0.355 e. The van der Waals surface area contributed by atoms with Gasteiger partial charge < -0.3 is 5.32 Å². The van der Waals surface area contributed by atoms with Crippen LogP contribution in [0.25, 0.3) is 0 Å². The SMILES string of the molecule is CCNc1ncc(S(=O)(=O)NCc2sccc2Br)cn1. The number of thiophene rings is 1. The maximum Gasteiger partial charge on any atom is 0.243 e. The minimum Gasteiger partial charge on any atom is -0.355 e. The molecular weight excluding hydrogens is 364 g/mol. The van der Waals surface area contributed by atoms with E-state index in [-0.39, 0.29) is 11.4 Å². The predicted octanol–water partition coefficient (Wildman–Crippen LogP) is 2.21. The van der Waals surface area contributed by atoms with Crippen LogP contribution in [0.5, 0.6) is 0 Å². The van der Waals surface area contributed by atoms with E-state index in [4.69, 9.17) is 0 Å². The molecule has 9 heteroatoms. The van der Waals surface area contributed by atoms with Crippen LogP contribution in [0.2, 0.25) is 0 Å². The van der Waals surface area contributed by atoms with E-state index in [9.17, 15) is 8.42 Å². The fourth-order valence-corrected chi connectivity index (χ4v) is 3.81. The van der Waals surface area contributed by atoms with Crippen LogP contribution in [0, 0.1) is 0 Å². The zero-order valence-electron chi connectivity index (χ0n) is 10.6. The molecule has 0 aromatic carbocycles. The fraction of sp³-hybridized carbons (Fsp3) is 0.273. The van der Waals surface area contributed by atoms with E-state index in [1.54, 1.807) is 0 Å². The molecule has 0 aliphatic carbocycles. The van der Waals surface area contributed by atoms with Gasteiger partial charge in [0, 0.05) is 22.4 Å². The van der Waals surface area contributed by atoms with Crippen molar-refractivity contribution in [2.24, 2.45) is 0 Å². The first-order valence-electron chi connectivity index (χ1n) is 5.80. The monoisotopic (exact) mass is 376 g/mol. The number of nitrogens with zero attached hydrogens (tertiary/aromatic N) is 2. The average Bonchev–Trinajstić information content (AvgIpc) is 2.83. The van der Waals surface area contributed by atoms with Crippen LogP contribution in [0.15, 0.2) is 33.2 Å². The van der Waals surface area contributed by atoms with Crippen molar-refractivity contribution < 1.29 is 8.42 Å². The van der Waals surface area contributed by atoms with Gasteiger partial charge in [-0.15, -0.1) is 11.3 Å². The lowest BCUT2D eigenvalue weighted by Crippen LogP contribution is -2.23. The van der Waals surface area contributed by atoms with E-state index in [0.717, 1.165) is 9.35 Å². The zero-order valence-corrected chi connectivity index (χ0v) is 13.8. The molecule has 0 atom stereocenters. The van der Waals surface area contributed by atoms with Gasteiger partial charge in [-0.2, -0.15) is 0 Å². The van der Waals surface area contributed by atoms with Gasteiger partial charge in [-0.25, -0.2) is 23.1 Å². The maximum absolute atomic E-state index is 12.1. The second-order valence-electron chi connectivity index (χ2n) is 3.79. The Bertz CT molecular complexity index is 670. The molecule has 20 heavy (non-hydrogen) atoms. The Morgan fingerprint density at radius 1 is 1.35 bits per heavy atom. The normalized spacial score (nSPS) is 11.5. The summed E-state index contributed by atoms with van der Waals surface area (Å²) in [6, 6.07) is 1.88. The first-order valence-corrected chi connectivity index (χ1v) is 8.96. The molecule has 0 bridgehead atoms. The Labute approximate surface area is 129 Å². The summed E-state index contributed by atoms with van der Waals surface area (Å²) in [4.78, 5) is 8.86. The average molecular weight is 377 g/mol. The number of sulfonamides is 1. The first kappa shape index (κ1) is 15.4. The third-order valence-corrected chi connectivity index (χ3v) is 5.67. The van der Waals surface area contributed by atoms with Gasteiger partial charge in [-0.3, -0.25) is 0 Å². The Hall–Kier alpha value is -1.03. The van der Waals surface area contributed by atoms with E-state index >= 15 is 0 Å². The molecule has 0 radical (unpaired) electrons. The summed E-state index contributed by atoms with van der Waals surface area (Å²) >= 11 is 4.84. The lowest BCUT2D eigenvalue weighted by atomic mass is 10.5. The van der Waals surface area contributed by atoms with Gasteiger partial charge in [0.2, 0.25) is 16.0 Å². The van der Waals surface area contributed by atoms with Crippen LogP contribution in [0.1, 0.15) is 11.8 Å². The molecule has 0 aliphatic rings. The molecule has 2 aromatic rings. The smallest absolute Gasteiger partial charge is 0.243 e.